The zero-order chi connectivity index (χ0) is 9.84. The highest BCUT2D eigenvalue weighted by Gasteiger charge is 2.30. The fourth-order valence-corrected chi connectivity index (χ4v) is 1.84. The van der Waals surface area contributed by atoms with Gasteiger partial charge in [-0.15, -0.1) is 0 Å². The molecular weight excluding hydrogens is 170 g/mol. The van der Waals surface area contributed by atoms with Gasteiger partial charge in [-0.1, -0.05) is 13.3 Å². The Kier molecular flexibility index (Phi) is 3.69. The molecule has 1 saturated heterocycles. The van der Waals surface area contributed by atoms with Gasteiger partial charge in [0.05, 0.1) is 6.10 Å². The van der Waals surface area contributed by atoms with Gasteiger partial charge >= 0.3 is 5.97 Å². The zero-order valence-corrected chi connectivity index (χ0v) is 7.86. The summed E-state index contributed by atoms with van der Waals surface area (Å²) >= 11 is 0. The van der Waals surface area contributed by atoms with Crippen LogP contribution in [0.15, 0.2) is 0 Å². The SMILES string of the molecule is CCC[C@@H]1C[C@H](O)C[C@@H](C(=O)O)N1. The Morgan fingerprint density at radius 2 is 2.23 bits per heavy atom. The molecule has 3 N–H and O–H groups in total. The second-order valence-electron chi connectivity index (χ2n) is 3.67. The van der Waals surface area contributed by atoms with Crippen LogP contribution in [-0.2, 0) is 4.79 Å². The molecule has 1 aliphatic heterocycles. The van der Waals surface area contributed by atoms with Crippen LogP contribution in [0.3, 0.4) is 0 Å². The fourth-order valence-electron chi connectivity index (χ4n) is 1.84. The summed E-state index contributed by atoms with van der Waals surface area (Å²) in [6, 6.07) is -0.407. The van der Waals surface area contributed by atoms with E-state index in [0.29, 0.717) is 12.8 Å². The summed E-state index contributed by atoms with van der Waals surface area (Å²) in [7, 11) is 0. The predicted molar refractivity (Wildman–Crippen MR) is 48.5 cm³/mol. The average Bonchev–Trinajstić information content (AvgIpc) is 2.03. The minimum atomic E-state index is -0.861. The number of carbonyl (C=O) groups is 1. The zero-order valence-electron chi connectivity index (χ0n) is 7.86. The van der Waals surface area contributed by atoms with Gasteiger partial charge in [-0.2, -0.15) is 0 Å². The summed E-state index contributed by atoms with van der Waals surface area (Å²) in [4.78, 5) is 10.7. The van der Waals surface area contributed by atoms with Crippen molar-refractivity contribution in [1.82, 2.24) is 5.32 Å². The molecule has 1 aliphatic rings. The smallest absolute Gasteiger partial charge is 0.320 e. The first-order chi connectivity index (χ1) is 6.13. The van der Waals surface area contributed by atoms with Gasteiger partial charge < -0.3 is 15.5 Å². The topological polar surface area (TPSA) is 69.6 Å². The molecule has 4 heteroatoms. The van der Waals surface area contributed by atoms with Gasteiger partial charge in [0.1, 0.15) is 6.04 Å². The van der Waals surface area contributed by atoms with Gasteiger partial charge in [-0.05, 0) is 19.3 Å². The predicted octanol–water partition coefficient (Wildman–Crippen LogP) is 0.353. The Morgan fingerprint density at radius 1 is 1.54 bits per heavy atom. The van der Waals surface area contributed by atoms with E-state index in [1.165, 1.54) is 0 Å². The summed E-state index contributed by atoms with van der Waals surface area (Å²) in [6.45, 7) is 2.05. The lowest BCUT2D eigenvalue weighted by Crippen LogP contribution is -2.51. The maximum Gasteiger partial charge on any atom is 0.320 e. The van der Waals surface area contributed by atoms with Crippen molar-refractivity contribution in [3.63, 3.8) is 0 Å². The van der Waals surface area contributed by atoms with E-state index in [9.17, 15) is 9.90 Å². The maximum atomic E-state index is 10.7. The lowest BCUT2D eigenvalue weighted by molar-refractivity contribution is -0.141. The van der Waals surface area contributed by atoms with Crippen LogP contribution in [0.2, 0.25) is 0 Å². The first-order valence-corrected chi connectivity index (χ1v) is 4.80. The van der Waals surface area contributed by atoms with Crippen LogP contribution in [0.5, 0.6) is 0 Å². The third-order valence-electron chi connectivity index (χ3n) is 2.44. The van der Waals surface area contributed by atoms with E-state index in [2.05, 4.69) is 12.2 Å². The van der Waals surface area contributed by atoms with Gasteiger partial charge in [-0.25, -0.2) is 0 Å². The quantitative estimate of drug-likeness (QED) is 0.596. The third-order valence-corrected chi connectivity index (χ3v) is 2.44. The van der Waals surface area contributed by atoms with E-state index in [4.69, 9.17) is 5.11 Å². The molecule has 3 atom stereocenters. The summed E-state index contributed by atoms with van der Waals surface area (Å²) in [5, 5.41) is 21.2. The highest BCUT2D eigenvalue weighted by atomic mass is 16.4. The molecule has 13 heavy (non-hydrogen) atoms. The molecular formula is C9H17NO3. The summed E-state index contributed by atoms with van der Waals surface area (Å²) < 4.78 is 0. The van der Waals surface area contributed by atoms with Crippen molar-refractivity contribution < 1.29 is 15.0 Å². The first kappa shape index (κ1) is 10.5. The van der Waals surface area contributed by atoms with E-state index in [-0.39, 0.29) is 6.04 Å². The van der Waals surface area contributed by atoms with Crippen molar-refractivity contribution in [2.24, 2.45) is 0 Å². The molecule has 0 saturated carbocycles. The number of rotatable bonds is 3. The van der Waals surface area contributed by atoms with Crippen LogP contribution in [0.1, 0.15) is 32.6 Å². The minimum absolute atomic E-state index is 0.162. The number of carboxylic acids is 1. The molecule has 1 rings (SSSR count). The number of hydrogen-bond acceptors (Lipinski definition) is 3. The van der Waals surface area contributed by atoms with Crippen molar-refractivity contribution in [1.29, 1.82) is 0 Å². The number of carboxylic acid groups (broad SMARTS) is 1. The molecule has 0 radical (unpaired) electrons. The normalized spacial score (nSPS) is 34.5. The van der Waals surface area contributed by atoms with Crippen LogP contribution in [0.4, 0.5) is 0 Å². The van der Waals surface area contributed by atoms with Crippen molar-refractivity contribution in [2.75, 3.05) is 0 Å². The Balaban J connectivity index is 2.47. The Hall–Kier alpha value is -0.610. The van der Waals surface area contributed by atoms with Crippen molar-refractivity contribution in [3.05, 3.63) is 0 Å². The van der Waals surface area contributed by atoms with Crippen molar-refractivity contribution >= 4 is 5.97 Å². The van der Waals surface area contributed by atoms with Crippen LogP contribution in [0.25, 0.3) is 0 Å². The molecule has 0 aromatic rings. The molecule has 76 valence electrons. The van der Waals surface area contributed by atoms with Crippen molar-refractivity contribution in [3.8, 4) is 0 Å². The molecule has 0 aliphatic carbocycles. The number of aliphatic carboxylic acids is 1. The molecule has 0 aromatic carbocycles. The van der Waals surface area contributed by atoms with E-state index in [0.717, 1.165) is 12.8 Å². The molecule has 0 spiro atoms. The molecule has 1 fully saturated rings. The third kappa shape index (κ3) is 2.97. The van der Waals surface area contributed by atoms with E-state index >= 15 is 0 Å². The molecule has 1 heterocycles. The minimum Gasteiger partial charge on any atom is -0.480 e. The second-order valence-corrected chi connectivity index (χ2v) is 3.67. The summed E-state index contributed by atoms with van der Waals surface area (Å²) in [6.07, 6.45) is 2.49. The Morgan fingerprint density at radius 3 is 2.77 bits per heavy atom. The van der Waals surface area contributed by atoms with Crippen LogP contribution >= 0.6 is 0 Å². The average molecular weight is 187 g/mol. The number of hydrogen-bond donors (Lipinski definition) is 3. The van der Waals surface area contributed by atoms with E-state index < -0.39 is 18.1 Å². The molecule has 4 nitrogen and oxygen atoms in total. The lowest BCUT2D eigenvalue weighted by Gasteiger charge is -2.31. The number of aliphatic hydroxyl groups excluding tert-OH is 1. The lowest BCUT2D eigenvalue weighted by atomic mass is 9.93. The van der Waals surface area contributed by atoms with Gasteiger partial charge in [0.15, 0.2) is 0 Å². The summed E-state index contributed by atoms with van der Waals surface area (Å²) in [5.74, 6) is -0.861. The van der Waals surface area contributed by atoms with Gasteiger partial charge in [0.25, 0.3) is 0 Å². The van der Waals surface area contributed by atoms with Crippen molar-refractivity contribution in [2.45, 2.75) is 50.8 Å². The molecule has 0 bridgehead atoms. The largest absolute Gasteiger partial charge is 0.480 e. The first-order valence-electron chi connectivity index (χ1n) is 4.80. The van der Waals surface area contributed by atoms with Crippen LogP contribution < -0.4 is 5.32 Å². The standard InChI is InChI=1S/C9H17NO3/c1-2-3-6-4-7(11)5-8(10-6)9(12)13/h6-8,10-11H,2-5H2,1H3,(H,12,13)/t6-,7+,8+/m1/s1. The molecule has 0 unspecified atom stereocenters. The van der Waals surface area contributed by atoms with Gasteiger partial charge in [-0.3, -0.25) is 4.79 Å². The summed E-state index contributed by atoms with van der Waals surface area (Å²) in [5.41, 5.74) is 0. The maximum absolute atomic E-state index is 10.7. The van der Waals surface area contributed by atoms with Gasteiger partial charge in [0.2, 0.25) is 0 Å². The number of piperidine rings is 1. The van der Waals surface area contributed by atoms with Crippen LogP contribution in [0, 0.1) is 0 Å². The highest BCUT2D eigenvalue weighted by molar-refractivity contribution is 5.73. The second kappa shape index (κ2) is 4.58. The highest BCUT2D eigenvalue weighted by Crippen LogP contribution is 2.16. The molecule has 0 amide bonds. The Labute approximate surface area is 78.0 Å². The monoisotopic (exact) mass is 187 g/mol. The number of nitrogens with one attached hydrogen (secondary N) is 1. The number of aliphatic hydroxyl groups is 1. The fraction of sp³-hybridized carbons (Fsp3) is 0.889. The Bertz CT molecular complexity index is 184. The van der Waals surface area contributed by atoms with E-state index in [1.807, 2.05) is 0 Å². The molecule has 0 aromatic heterocycles. The van der Waals surface area contributed by atoms with Crippen LogP contribution in [-0.4, -0.2) is 34.4 Å². The van der Waals surface area contributed by atoms with Gasteiger partial charge in [0, 0.05) is 6.04 Å². The van der Waals surface area contributed by atoms with E-state index in [1.54, 1.807) is 0 Å².